The van der Waals surface area contributed by atoms with Crippen LogP contribution >= 0.6 is 24.8 Å². The molecular weight excluding hydrogens is 369 g/mol. The van der Waals surface area contributed by atoms with Crippen molar-refractivity contribution in [3.63, 3.8) is 0 Å². The lowest BCUT2D eigenvalue weighted by atomic mass is 9.65. The summed E-state index contributed by atoms with van der Waals surface area (Å²) < 4.78 is 0. The molecule has 3 saturated carbocycles. The van der Waals surface area contributed by atoms with Gasteiger partial charge in [-0.15, -0.1) is 24.8 Å². The number of nitrogens with two attached hydrogens (primary N) is 1. The third kappa shape index (κ3) is 5.06. The molecule has 4 aliphatic rings. The fraction of sp³-hybridized carbons (Fsp3) is 0.950. The first kappa shape index (κ1) is 22.3. The Balaban J connectivity index is 0.00000121. The van der Waals surface area contributed by atoms with E-state index in [1.165, 1.54) is 58.0 Å². The fourth-order valence-electron chi connectivity index (χ4n) is 6.00. The highest BCUT2D eigenvalue weighted by Crippen LogP contribution is 2.42. The molecule has 1 amide bonds. The monoisotopic (exact) mass is 405 g/mol. The number of hydrogen-bond acceptors (Lipinski definition) is 3. The summed E-state index contributed by atoms with van der Waals surface area (Å²) in [5, 5.41) is 3.39. The van der Waals surface area contributed by atoms with E-state index < -0.39 is 0 Å². The third-order valence-electron chi connectivity index (χ3n) is 7.39. The maximum absolute atomic E-state index is 12.8. The molecule has 26 heavy (non-hydrogen) atoms. The Morgan fingerprint density at radius 2 is 1.62 bits per heavy atom. The average Bonchev–Trinajstić information content (AvgIpc) is 3.19. The number of carbonyl (C=O) groups excluding carboxylic acids is 1. The predicted molar refractivity (Wildman–Crippen MR) is 111 cm³/mol. The molecule has 0 spiro atoms. The van der Waals surface area contributed by atoms with Gasteiger partial charge in [-0.2, -0.15) is 0 Å². The standard InChI is InChI=1S/C20H35N3O.2ClH/c21-19-15-6-3-7-16(19)11-17(10-15)20(24)22-18-8-9-23(13-18)12-14-4-1-2-5-14;;/h14-19H,1-13,21H2,(H,22,24);2*1H. The van der Waals surface area contributed by atoms with E-state index in [4.69, 9.17) is 5.73 Å². The number of nitrogens with zero attached hydrogens (tertiary/aromatic N) is 1. The largest absolute Gasteiger partial charge is 0.352 e. The SMILES string of the molecule is Cl.Cl.NC1C2CCCC1CC(C(=O)NC1CCN(CC3CCCC3)C1)C2. The smallest absolute Gasteiger partial charge is 0.223 e. The molecule has 3 atom stereocenters. The number of hydrogen-bond donors (Lipinski definition) is 2. The summed E-state index contributed by atoms with van der Waals surface area (Å²) in [6, 6.07) is 0.741. The quantitative estimate of drug-likeness (QED) is 0.753. The Labute approximate surface area is 171 Å². The zero-order chi connectivity index (χ0) is 16.5. The van der Waals surface area contributed by atoms with Gasteiger partial charge in [-0.3, -0.25) is 4.79 Å². The lowest BCUT2D eigenvalue weighted by Gasteiger charge is -2.43. The van der Waals surface area contributed by atoms with Crippen LogP contribution in [0.25, 0.3) is 0 Å². The van der Waals surface area contributed by atoms with Crippen molar-refractivity contribution >= 4 is 30.7 Å². The number of fused-ring (bicyclic) bond motifs is 2. The number of nitrogens with one attached hydrogen (secondary N) is 1. The summed E-state index contributed by atoms with van der Waals surface area (Å²) in [5.74, 6) is 2.65. The minimum Gasteiger partial charge on any atom is -0.352 e. The van der Waals surface area contributed by atoms with Crippen LogP contribution in [0.3, 0.4) is 0 Å². The number of amides is 1. The van der Waals surface area contributed by atoms with E-state index in [0.29, 0.717) is 29.8 Å². The van der Waals surface area contributed by atoms with Crippen LogP contribution in [-0.4, -0.2) is 42.5 Å². The van der Waals surface area contributed by atoms with E-state index in [0.717, 1.165) is 31.7 Å². The molecule has 4 rings (SSSR count). The molecule has 0 radical (unpaired) electrons. The van der Waals surface area contributed by atoms with E-state index in [1.54, 1.807) is 0 Å². The van der Waals surface area contributed by atoms with Crippen molar-refractivity contribution in [2.24, 2.45) is 29.4 Å². The van der Waals surface area contributed by atoms with Gasteiger partial charge < -0.3 is 16.0 Å². The molecule has 6 heteroatoms. The first-order chi connectivity index (χ1) is 11.7. The second-order valence-corrected chi connectivity index (χ2v) is 9.10. The summed E-state index contributed by atoms with van der Waals surface area (Å²) in [6.07, 6.45) is 12.7. The number of carbonyl (C=O) groups is 1. The Hall–Kier alpha value is -0.0300. The number of rotatable bonds is 4. The minimum absolute atomic E-state index is 0. The normalized spacial score (nSPS) is 37.7. The fourth-order valence-corrected chi connectivity index (χ4v) is 6.00. The molecular formula is C20H37Cl2N3O. The lowest BCUT2D eigenvalue weighted by molar-refractivity contribution is -0.128. The molecule has 3 aliphatic carbocycles. The second kappa shape index (κ2) is 9.95. The van der Waals surface area contributed by atoms with Crippen LogP contribution < -0.4 is 11.1 Å². The molecule has 152 valence electrons. The zero-order valence-corrected chi connectivity index (χ0v) is 17.5. The van der Waals surface area contributed by atoms with Gasteiger partial charge in [0.25, 0.3) is 0 Å². The summed E-state index contributed by atoms with van der Waals surface area (Å²) in [5.41, 5.74) is 6.37. The van der Waals surface area contributed by atoms with Crippen molar-refractivity contribution < 1.29 is 4.79 Å². The first-order valence-electron chi connectivity index (χ1n) is 10.5. The molecule has 4 nitrogen and oxygen atoms in total. The van der Waals surface area contributed by atoms with Crippen molar-refractivity contribution in [3.8, 4) is 0 Å². The average molecular weight is 406 g/mol. The minimum atomic E-state index is 0. The molecule has 1 saturated heterocycles. The molecule has 0 aromatic rings. The molecule has 4 fully saturated rings. The van der Waals surface area contributed by atoms with E-state index in [1.807, 2.05) is 0 Å². The summed E-state index contributed by atoms with van der Waals surface area (Å²) in [6.45, 7) is 3.50. The third-order valence-corrected chi connectivity index (χ3v) is 7.39. The predicted octanol–water partition coefficient (Wildman–Crippen LogP) is 3.36. The first-order valence-corrected chi connectivity index (χ1v) is 10.5. The highest BCUT2D eigenvalue weighted by molar-refractivity contribution is 5.85. The van der Waals surface area contributed by atoms with Crippen molar-refractivity contribution in [3.05, 3.63) is 0 Å². The molecule has 1 heterocycles. The molecule has 0 aromatic heterocycles. The van der Waals surface area contributed by atoms with Crippen LogP contribution in [0, 0.1) is 23.7 Å². The van der Waals surface area contributed by atoms with Crippen molar-refractivity contribution in [2.45, 2.75) is 76.3 Å². The number of likely N-dealkylation sites (tertiary alicyclic amines) is 1. The Morgan fingerprint density at radius 3 is 2.27 bits per heavy atom. The maximum atomic E-state index is 12.8. The highest BCUT2D eigenvalue weighted by Gasteiger charge is 2.41. The maximum Gasteiger partial charge on any atom is 0.223 e. The van der Waals surface area contributed by atoms with Gasteiger partial charge in [-0.05, 0) is 62.7 Å². The van der Waals surface area contributed by atoms with Crippen LogP contribution in [0.2, 0.25) is 0 Å². The van der Waals surface area contributed by atoms with Gasteiger partial charge in [-0.25, -0.2) is 0 Å². The van der Waals surface area contributed by atoms with Gasteiger partial charge in [0, 0.05) is 37.6 Å². The van der Waals surface area contributed by atoms with Crippen LogP contribution in [0.5, 0.6) is 0 Å². The Bertz CT molecular complexity index is 444. The highest BCUT2D eigenvalue weighted by atomic mass is 35.5. The molecule has 1 aliphatic heterocycles. The molecule has 3 unspecified atom stereocenters. The Kier molecular flexibility index (Phi) is 8.52. The van der Waals surface area contributed by atoms with Crippen LogP contribution in [0.15, 0.2) is 0 Å². The van der Waals surface area contributed by atoms with Crippen molar-refractivity contribution in [2.75, 3.05) is 19.6 Å². The van der Waals surface area contributed by atoms with Crippen LogP contribution in [0.4, 0.5) is 0 Å². The van der Waals surface area contributed by atoms with Gasteiger partial charge in [0.2, 0.25) is 5.91 Å². The van der Waals surface area contributed by atoms with Gasteiger partial charge in [0.05, 0.1) is 0 Å². The molecule has 3 N–H and O–H groups in total. The van der Waals surface area contributed by atoms with E-state index in [9.17, 15) is 4.79 Å². The summed E-state index contributed by atoms with van der Waals surface area (Å²) in [7, 11) is 0. The van der Waals surface area contributed by atoms with Crippen LogP contribution in [-0.2, 0) is 4.79 Å². The molecule has 0 aromatic carbocycles. The van der Waals surface area contributed by atoms with Crippen molar-refractivity contribution in [1.29, 1.82) is 0 Å². The summed E-state index contributed by atoms with van der Waals surface area (Å²) in [4.78, 5) is 15.4. The van der Waals surface area contributed by atoms with E-state index in [2.05, 4.69) is 10.2 Å². The van der Waals surface area contributed by atoms with Crippen LogP contribution in [0.1, 0.15) is 64.2 Å². The van der Waals surface area contributed by atoms with Gasteiger partial charge in [-0.1, -0.05) is 19.3 Å². The van der Waals surface area contributed by atoms with E-state index >= 15 is 0 Å². The summed E-state index contributed by atoms with van der Waals surface area (Å²) >= 11 is 0. The van der Waals surface area contributed by atoms with Gasteiger partial charge in [0.15, 0.2) is 0 Å². The molecule has 2 bridgehead atoms. The number of halogens is 2. The lowest BCUT2D eigenvalue weighted by Crippen LogP contribution is -2.50. The Morgan fingerprint density at radius 1 is 0.962 bits per heavy atom. The van der Waals surface area contributed by atoms with E-state index in [-0.39, 0.29) is 30.7 Å². The topological polar surface area (TPSA) is 58.4 Å². The zero-order valence-electron chi connectivity index (χ0n) is 15.9. The van der Waals surface area contributed by atoms with Crippen molar-refractivity contribution in [1.82, 2.24) is 10.2 Å². The second-order valence-electron chi connectivity index (χ2n) is 9.10. The van der Waals surface area contributed by atoms with Gasteiger partial charge in [0.1, 0.15) is 0 Å². The van der Waals surface area contributed by atoms with Gasteiger partial charge >= 0.3 is 0 Å².